The van der Waals surface area contributed by atoms with Gasteiger partial charge in [-0.1, -0.05) is 36.4 Å². The molecule has 0 aliphatic heterocycles. The molecule has 0 aliphatic rings. The molecular weight excluding hydrogens is 288 g/mol. The van der Waals surface area contributed by atoms with Gasteiger partial charge in [0, 0.05) is 13.6 Å². The van der Waals surface area contributed by atoms with Crippen molar-refractivity contribution in [3.8, 4) is 0 Å². The summed E-state index contributed by atoms with van der Waals surface area (Å²) >= 11 is 0. The summed E-state index contributed by atoms with van der Waals surface area (Å²) < 4.78 is 1.58. The first-order chi connectivity index (χ1) is 11.1. The Balaban J connectivity index is 1.86. The summed E-state index contributed by atoms with van der Waals surface area (Å²) in [4.78, 5) is 12.5. The van der Waals surface area contributed by atoms with Crippen molar-refractivity contribution in [1.82, 2.24) is 15.1 Å². The van der Waals surface area contributed by atoms with Crippen LogP contribution in [0.25, 0.3) is 10.8 Å². The zero-order chi connectivity index (χ0) is 16.4. The van der Waals surface area contributed by atoms with E-state index in [9.17, 15) is 4.79 Å². The lowest BCUT2D eigenvalue weighted by Gasteiger charge is -2.18. The largest absolute Gasteiger partial charge is 0.343 e. The SMILES string of the molecule is Cc1cc(C(=O)NC(CN)c2ccc3ccccc3c2)n(C)n1. The van der Waals surface area contributed by atoms with Crippen LogP contribution < -0.4 is 11.1 Å². The average Bonchev–Trinajstić information content (AvgIpc) is 2.90. The molecule has 0 fully saturated rings. The fourth-order valence-electron chi connectivity index (χ4n) is 2.76. The Bertz CT molecular complexity index is 853. The minimum atomic E-state index is -0.234. The minimum absolute atomic E-state index is 0.170. The van der Waals surface area contributed by atoms with Crippen molar-refractivity contribution < 1.29 is 4.79 Å². The molecule has 3 rings (SSSR count). The van der Waals surface area contributed by atoms with E-state index < -0.39 is 0 Å². The van der Waals surface area contributed by atoms with E-state index in [1.807, 2.05) is 31.2 Å². The molecule has 1 amide bonds. The smallest absolute Gasteiger partial charge is 0.270 e. The van der Waals surface area contributed by atoms with E-state index in [0.29, 0.717) is 12.2 Å². The number of aryl methyl sites for hydroxylation is 2. The number of rotatable bonds is 4. The van der Waals surface area contributed by atoms with Crippen LogP contribution >= 0.6 is 0 Å². The molecule has 1 atom stereocenters. The summed E-state index contributed by atoms with van der Waals surface area (Å²) in [5.41, 5.74) is 8.22. The summed E-state index contributed by atoms with van der Waals surface area (Å²) in [5.74, 6) is -0.170. The van der Waals surface area contributed by atoms with Crippen LogP contribution in [0.5, 0.6) is 0 Å². The predicted molar refractivity (Wildman–Crippen MR) is 91.2 cm³/mol. The van der Waals surface area contributed by atoms with Gasteiger partial charge in [0.05, 0.1) is 11.7 Å². The highest BCUT2D eigenvalue weighted by Gasteiger charge is 2.17. The summed E-state index contributed by atoms with van der Waals surface area (Å²) in [6.07, 6.45) is 0. The number of carbonyl (C=O) groups excluding carboxylic acids is 1. The molecule has 0 spiro atoms. The molecular formula is C18H20N4O. The van der Waals surface area contributed by atoms with E-state index in [2.05, 4.69) is 28.6 Å². The van der Waals surface area contributed by atoms with Crippen molar-refractivity contribution in [3.05, 3.63) is 65.5 Å². The van der Waals surface area contributed by atoms with Crippen molar-refractivity contribution in [2.75, 3.05) is 6.54 Å². The third-order valence-electron chi connectivity index (χ3n) is 3.95. The van der Waals surface area contributed by atoms with Gasteiger partial charge < -0.3 is 11.1 Å². The number of benzene rings is 2. The van der Waals surface area contributed by atoms with E-state index in [-0.39, 0.29) is 11.9 Å². The predicted octanol–water partition coefficient (Wildman–Crippen LogP) is 2.31. The molecule has 23 heavy (non-hydrogen) atoms. The van der Waals surface area contributed by atoms with Gasteiger partial charge in [-0.3, -0.25) is 9.48 Å². The number of amides is 1. The quantitative estimate of drug-likeness (QED) is 0.777. The Morgan fingerprint density at radius 2 is 1.96 bits per heavy atom. The summed E-state index contributed by atoms with van der Waals surface area (Å²) in [6, 6.07) is 15.8. The highest BCUT2D eigenvalue weighted by atomic mass is 16.2. The highest BCUT2D eigenvalue weighted by Crippen LogP contribution is 2.20. The molecule has 3 N–H and O–H groups in total. The Hall–Kier alpha value is -2.66. The van der Waals surface area contributed by atoms with Crippen molar-refractivity contribution >= 4 is 16.7 Å². The minimum Gasteiger partial charge on any atom is -0.343 e. The fraction of sp³-hybridized carbons (Fsp3) is 0.222. The van der Waals surface area contributed by atoms with Gasteiger partial charge >= 0.3 is 0 Å². The van der Waals surface area contributed by atoms with Crippen LogP contribution in [0.15, 0.2) is 48.5 Å². The maximum absolute atomic E-state index is 12.5. The van der Waals surface area contributed by atoms with Gasteiger partial charge in [-0.15, -0.1) is 0 Å². The molecule has 1 unspecified atom stereocenters. The summed E-state index contributed by atoms with van der Waals surface area (Å²) in [6.45, 7) is 2.20. The van der Waals surface area contributed by atoms with Gasteiger partial charge in [-0.05, 0) is 35.4 Å². The second kappa shape index (κ2) is 6.22. The monoisotopic (exact) mass is 308 g/mol. The van der Waals surface area contributed by atoms with Crippen LogP contribution in [0.1, 0.15) is 27.8 Å². The summed E-state index contributed by atoms with van der Waals surface area (Å²) in [7, 11) is 1.76. The van der Waals surface area contributed by atoms with Gasteiger partial charge in [-0.2, -0.15) is 5.10 Å². The van der Waals surface area contributed by atoms with Gasteiger partial charge in [-0.25, -0.2) is 0 Å². The number of nitrogens with zero attached hydrogens (tertiary/aromatic N) is 2. The van der Waals surface area contributed by atoms with Crippen LogP contribution in [0.3, 0.4) is 0 Å². The number of hydrogen-bond acceptors (Lipinski definition) is 3. The Labute approximate surface area is 135 Å². The number of hydrogen-bond donors (Lipinski definition) is 2. The average molecular weight is 308 g/mol. The van der Waals surface area contributed by atoms with Crippen LogP contribution in [0.4, 0.5) is 0 Å². The molecule has 5 heteroatoms. The zero-order valence-corrected chi connectivity index (χ0v) is 13.3. The summed E-state index contributed by atoms with van der Waals surface area (Å²) in [5, 5.41) is 9.50. The normalized spacial score (nSPS) is 12.3. The third-order valence-corrected chi connectivity index (χ3v) is 3.95. The van der Waals surface area contributed by atoms with Gasteiger partial charge in [0.1, 0.15) is 5.69 Å². The van der Waals surface area contributed by atoms with Crippen LogP contribution in [-0.2, 0) is 7.05 Å². The first-order valence-electron chi connectivity index (χ1n) is 7.59. The highest BCUT2D eigenvalue weighted by molar-refractivity contribution is 5.93. The second-order valence-corrected chi connectivity index (χ2v) is 5.66. The molecule has 0 aliphatic carbocycles. The molecule has 0 saturated heterocycles. The van der Waals surface area contributed by atoms with E-state index in [4.69, 9.17) is 5.73 Å². The Morgan fingerprint density at radius 1 is 1.22 bits per heavy atom. The topological polar surface area (TPSA) is 72.9 Å². The fourth-order valence-corrected chi connectivity index (χ4v) is 2.76. The number of nitrogens with one attached hydrogen (secondary N) is 1. The first-order valence-corrected chi connectivity index (χ1v) is 7.59. The lowest BCUT2D eigenvalue weighted by molar-refractivity contribution is 0.0928. The molecule has 1 aromatic heterocycles. The molecule has 0 saturated carbocycles. The molecule has 118 valence electrons. The maximum atomic E-state index is 12.5. The lowest BCUT2D eigenvalue weighted by atomic mass is 10.0. The molecule has 1 heterocycles. The lowest BCUT2D eigenvalue weighted by Crippen LogP contribution is -2.34. The Morgan fingerprint density at radius 3 is 2.61 bits per heavy atom. The third kappa shape index (κ3) is 3.10. The molecule has 3 aromatic rings. The van der Waals surface area contributed by atoms with Crippen molar-refractivity contribution in [3.63, 3.8) is 0 Å². The van der Waals surface area contributed by atoms with Gasteiger partial charge in [0.15, 0.2) is 0 Å². The van der Waals surface area contributed by atoms with Crippen LogP contribution in [-0.4, -0.2) is 22.2 Å². The van der Waals surface area contributed by atoms with Crippen molar-refractivity contribution in [1.29, 1.82) is 0 Å². The zero-order valence-electron chi connectivity index (χ0n) is 13.3. The van der Waals surface area contributed by atoms with E-state index in [1.165, 1.54) is 5.39 Å². The number of nitrogens with two attached hydrogens (primary N) is 1. The maximum Gasteiger partial charge on any atom is 0.270 e. The molecule has 5 nitrogen and oxygen atoms in total. The standard InChI is InChI=1S/C18H20N4O/c1-12-9-17(22(2)21-12)18(23)20-16(11-19)15-8-7-13-5-3-4-6-14(13)10-15/h3-10,16H,11,19H2,1-2H3,(H,20,23). The Kier molecular flexibility index (Phi) is 4.12. The van der Waals surface area contributed by atoms with Crippen molar-refractivity contribution in [2.24, 2.45) is 12.8 Å². The van der Waals surface area contributed by atoms with Crippen LogP contribution in [0, 0.1) is 6.92 Å². The van der Waals surface area contributed by atoms with E-state index >= 15 is 0 Å². The number of aromatic nitrogens is 2. The van der Waals surface area contributed by atoms with Crippen molar-refractivity contribution in [2.45, 2.75) is 13.0 Å². The van der Waals surface area contributed by atoms with E-state index in [0.717, 1.165) is 16.6 Å². The number of carbonyl (C=O) groups is 1. The second-order valence-electron chi connectivity index (χ2n) is 5.66. The molecule has 0 bridgehead atoms. The first kappa shape index (κ1) is 15.2. The van der Waals surface area contributed by atoms with Crippen LogP contribution in [0.2, 0.25) is 0 Å². The number of fused-ring (bicyclic) bond motifs is 1. The van der Waals surface area contributed by atoms with Gasteiger partial charge in [0.25, 0.3) is 5.91 Å². The van der Waals surface area contributed by atoms with Gasteiger partial charge in [0.2, 0.25) is 0 Å². The van der Waals surface area contributed by atoms with E-state index in [1.54, 1.807) is 17.8 Å². The molecule has 0 radical (unpaired) electrons. The molecule has 2 aromatic carbocycles.